The first-order valence-electron chi connectivity index (χ1n) is 7.72. The molecule has 5 heteroatoms. The van der Waals surface area contributed by atoms with Crippen LogP contribution in [0.1, 0.15) is 12.5 Å². The van der Waals surface area contributed by atoms with Crippen LogP contribution >= 0.6 is 11.6 Å². The molecule has 21 heavy (non-hydrogen) atoms. The molecule has 0 bridgehead atoms. The van der Waals surface area contributed by atoms with Gasteiger partial charge in [-0.2, -0.15) is 0 Å². The van der Waals surface area contributed by atoms with Crippen LogP contribution in [0.3, 0.4) is 0 Å². The minimum Gasteiger partial charge on any atom is -0.492 e. The Kier molecular flexibility index (Phi) is 6.77. The van der Waals surface area contributed by atoms with Gasteiger partial charge in [0.2, 0.25) is 0 Å². The standard InChI is InChI=1S/C16H26ClN3O/c1-3-18-13-14-12-15(17)4-5-16(14)21-11-10-20-8-6-19(2)7-9-20/h4-5,12,18H,3,6-11,13H2,1-2H3. The lowest BCUT2D eigenvalue weighted by Gasteiger charge is -2.32. The van der Waals surface area contributed by atoms with Crippen molar-refractivity contribution in [1.82, 2.24) is 15.1 Å². The summed E-state index contributed by atoms with van der Waals surface area (Å²) >= 11 is 6.07. The highest BCUT2D eigenvalue weighted by molar-refractivity contribution is 6.30. The number of piperazine rings is 1. The fourth-order valence-corrected chi connectivity index (χ4v) is 2.64. The Morgan fingerprint density at radius 2 is 2.00 bits per heavy atom. The van der Waals surface area contributed by atoms with Gasteiger partial charge >= 0.3 is 0 Å². The predicted molar refractivity (Wildman–Crippen MR) is 88.3 cm³/mol. The summed E-state index contributed by atoms with van der Waals surface area (Å²) in [5.41, 5.74) is 1.13. The third-order valence-corrected chi connectivity index (χ3v) is 4.08. The molecule has 0 radical (unpaired) electrons. The molecule has 118 valence electrons. The van der Waals surface area contributed by atoms with Gasteiger partial charge in [0.25, 0.3) is 0 Å². The van der Waals surface area contributed by atoms with Gasteiger partial charge in [0, 0.05) is 49.9 Å². The van der Waals surface area contributed by atoms with Gasteiger partial charge in [0.1, 0.15) is 12.4 Å². The average Bonchev–Trinajstić information content (AvgIpc) is 2.49. The van der Waals surface area contributed by atoms with Crippen LogP contribution in [-0.4, -0.2) is 62.7 Å². The number of hydrogen-bond acceptors (Lipinski definition) is 4. The first-order chi connectivity index (χ1) is 10.2. The second-order valence-electron chi connectivity index (χ2n) is 5.53. The lowest BCUT2D eigenvalue weighted by Crippen LogP contribution is -2.45. The van der Waals surface area contributed by atoms with Crippen LogP contribution in [-0.2, 0) is 6.54 Å². The summed E-state index contributed by atoms with van der Waals surface area (Å²) < 4.78 is 5.96. The van der Waals surface area contributed by atoms with Crippen LogP contribution in [0, 0.1) is 0 Å². The Labute approximate surface area is 133 Å². The Morgan fingerprint density at radius 1 is 1.24 bits per heavy atom. The van der Waals surface area contributed by atoms with Crippen molar-refractivity contribution in [3.05, 3.63) is 28.8 Å². The molecule has 1 aliphatic heterocycles. The normalized spacial score (nSPS) is 17.1. The maximum Gasteiger partial charge on any atom is 0.123 e. The summed E-state index contributed by atoms with van der Waals surface area (Å²) in [7, 11) is 2.18. The molecule has 0 aliphatic carbocycles. The van der Waals surface area contributed by atoms with Crippen LogP contribution in [0.5, 0.6) is 5.75 Å². The number of benzene rings is 1. The van der Waals surface area contributed by atoms with Crippen molar-refractivity contribution >= 4 is 11.6 Å². The van der Waals surface area contributed by atoms with E-state index in [4.69, 9.17) is 16.3 Å². The molecule has 1 aromatic rings. The molecule has 0 spiro atoms. The van der Waals surface area contributed by atoms with E-state index in [9.17, 15) is 0 Å². The Hall–Kier alpha value is -0.810. The molecular weight excluding hydrogens is 286 g/mol. The van der Waals surface area contributed by atoms with Gasteiger partial charge in [-0.3, -0.25) is 4.90 Å². The van der Waals surface area contributed by atoms with Crippen LogP contribution in [0.2, 0.25) is 5.02 Å². The Morgan fingerprint density at radius 3 is 2.71 bits per heavy atom. The van der Waals surface area contributed by atoms with E-state index in [-0.39, 0.29) is 0 Å². The lowest BCUT2D eigenvalue weighted by molar-refractivity contribution is 0.133. The quantitative estimate of drug-likeness (QED) is 0.834. The highest BCUT2D eigenvalue weighted by Crippen LogP contribution is 2.22. The zero-order chi connectivity index (χ0) is 15.1. The van der Waals surface area contributed by atoms with Crippen molar-refractivity contribution in [2.45, 2.75) is 13.5 Å². The number of nitrogens with zero attached hydrogens (tertiary/aromatic N) is 2. The summed E-state index contributed by atoms with van der Waals surface area (Å²) in [6.45, 7) is 10.1. The smallest absolute Gasteiger partial charge is 0.123 e. The Bertz CT molecular complexity index is 434. The fourth-order valence-electron chi connectivity index (χ4n) is 2.44. The molecule has 1 N–H and O–H groups in total. The van der Waals surface area contributed by atoms with E-state index in [0.717, 1.165) is 68.8 Å². The summed E-state index contributed by atoms with van der Waals surface area (Å²) in [5, 5.41) is 4.08. The van der Waals surface area contributed by atoms with Gasteiger partial charge in [-0.05, 0) is 31.8 Å². The van der Waals surface area contributed by atoms with Gasteiger partial charge in [-0.15, -0.1) is 0 Å². The second-order valence-corrected chi connectivity index (χ2v) is 5.96. The number of rotatable bonds is 7. The summed E-state index contributed by atoms with van der Waals surface area (Å²) in [6, 6.07) is 5.84. The third kappa shape index (κ3) is 5.47. The van der Waals surface area contributed by atoms with E-state index >= 15 is 0 Å². The first-order valence-corrected chi connectivity index (χ1v) is 8.09. The molecule has 0 amide bonds. The molecule has 2 rings (SSSR count). The SMILES string of the molecule is CCNCc1cc(Cl)ccc1OCCN1CCN(C)CC1. The maximum atomic E-state index is 6.07. The van der Waals surface area contributed by atoms with E-state index in [1.807, 2.05) is 18.2 Å². The number of likely N-dealkylation sites (N-methyl/N-ethyl adjacent to an activating group) is 1. The molecule has 0 atom stereocenters. The molecule has 0 aromatic heterocycles. The minimum absolute atomic E-state index is 0.727. The molecular formula is C16H26ClN3O. The van der Waals surface area contributed by atoms with Crippen LogP contribution in [0.4, 0.5) is 0 Å². The van der Waals surface area contributed by atoms with Crippen molar-refractivity contribution in [1.29, 1.82) is 0 Å². The molecule has 0 saturated carbocycles. The van der Waals surface area contributed by atoms with Gasteiger partial charge < -0.3 is 15.0 Å². The largest absolute Gasteiger partial charge is 0.492 e. The molecule has 1 saturated heterocycles. The molecule has 1 aliphatic rings. The van der Waals surface area contributed by atoms with Gasteiger partial charge in [0.05, 0.1) is 0 Å². The number of ether oxygens (including phenoxy) is 1. The highest BCUT2D eigenvalue weighted by atomic mass is 35.5. The van der Waals surface area contributed by atoms with Gasteiger partial charge in [0.15, 0.2) is 0 Å². The van der Waals surface area contributed by atoms with Crippen LogP contribution in [0.25, 0.3) is 0 Å². The number of hydrogen-bond donors (Lipinski definition) is 1. The number of halogens is 1. The van der Waals surface area contributed by atoms with E-state index in [1.54, 1.807) is 0 Å². The third-order valence-electron chi connectivity index (χ3n) is 3.85. The predicted octanol–water partition coefficient (Wildman–Crippen LogP) is 2.08. The number of nitrogens with one attached hydrogen (secondary N) is 1. The van der Waals surface area contributed by atoms with Gasteiger partial charge in [-0.1, -0.05) is 18.5 Å². The molecule has 1 heterocycles. The van der Waals surface area contributed by atoms with E-state index in [1.165, 1.54) is 0 Å². The molecule has 0 unspecified atom stereocenters. The summed E-state index contributed by atoms with van der Waals surface area (Å²) in [4.78, 5) is 4.82. The van der Waals surface area contributed by atoms with Crippen molar-refractivity contribution in [2.75, 3.05) is 52.9 Å². The Balaban J connectivity index is 1.81. The average molecular weight is 312 g/mol. The summed E-state index contributed by atoms with van der Waals surface area (Å²) in [6.07, 6.45) is 0. The minimum atomic E-state index is 0.727. The lowest BCUT2D eigenvalue weighted by atomic mass is 10.2. The van der Waals surface area contributed by atoms with E-state index < -0.39 is 0 Å². The zero-order valence-electron chi connectivity index (χ0n) is 13.1. The van der Waals surface area contributed by atoms with E-state index in [0.29, 0.717) is 0 Å². The van der Waals surface area contributed by atoms with Gasteiger partial charge in [-0.25, -0.2) is 0 Å². The van der Waals surface area contributed by atoms with Crippen molar-refractivity contribution in [3.8, 4) is 5.75 Å². The summed E-state index contributed by atoms with van der Waals surface area (Å²) in [5.74, 6) is 0.939. The zero-order valence-corrected chi connectivity index (χ0v) is 13.8. The second kappa shape index (κ2) is 8.59. The van der Waals surface area contributed by atoms with Crippen molar-refractivity contribution < 1.29 is 4.74 Å². The van der Waals surface area contributed by atoms with Crippen LogP contribution in [0.15, 0.2) is 18.2 Å². The molecule has 4 nitrogen and oxygen atoms in total. The molecule has 1 aromatic carbocycles. The topological polar surface area (TPSA) is 27.7 Å². The fraction of sp³-hybridized carbons (Fsp3) is 0.625. The van der Waals surface area contributed by atoms with Crippen molar-refractivity contribution in [3.63, 3.8) is 0 Å². The van der Waals surface area contributed by atoms with Crippen molar-refractivity contribution in [2.24, 2.45) is 0 Å². The maximum absolute atomic E-state index is 6.07. The molecule has 1 fully saturated rings. The van der Waals surface area contributed by atoms with E-state index in [2.05, 4.69) is 29.1 Å². The van der Waals surface area contributed by atoms with Crippen LogP contribution < -0.4 is 10.1 Å². The highest BCUT2D eigenvalue weighted by Gasteiger charge is 2.13. The monoisotopic (exact) mass is 311 g/mol. The first kappa shape index (κ1) is 16.6.